The molecule has 0 aromatic heterocycles. The molecule has 0 spiro atoms. The number of hydrogen-bond donors (Lipinski definition) is 1. The van der Waals surface area contributed by atoms with Gasteiger partial charge in [0.05, 0.1) is 5.29 Å². The van der Waals surface area contributed by atoms with E-state index in [1.165, 1.54) is 24.3 Å². The van der Waals surface area contributed by atoms with E-state index >= 15 is 0 Å². The first-order chi connectivity index (χ1) is 12.5. The summed E-state index contributed by atoms with van der Waals surface area (Å²) in [5, 5.41) is 11.8. The van der Waals surface area contributed by atoms with Crippen LogP contribution in [0.1, 0.15) is 0 Å². The number of carbonyl (C=O) groups is 1. The van der Waals surface area contributed by atoms with Crippen molar-refractivity contribution in [2.45, 2.75) is 5.52 Å². The standard InChI is InChI=1S/C15H13N2O7P2/c18-14(19)11-17(16-20)15(25(21)23-12-7-3-1-4-8-12)26(22)24-13-9-5-2-6-10-13/h1-10,15H,11H2/q+1/p+1. The highest BCUT2D eigenvalue weighted by Gasteiger charge is 2.60. The van der Waals surface area contributed by atoms with Crippen LogP contribution in [0.15, 0.2) is 65.9 Å². The molecule has 0 heterocycles. The average molecular weight is 396 g/mol. The summed E-state index contributed by atoms with van der Waals surface area (Å²) < 4.78 is 35.5. The highest BCUT2D eigenvalue weighted by molar-refractivity contribution is 7.59. The summed E-state index contributed by atoms with van der Waals surface area (Å²) in [6.07, 6.45) is 0. The van der Waals surface area contributed by atoms with E-state index in [9.17, 15) is 18.8 Å². The maximum absolute atomic E-state index is 12.6. The van der Waals surface area contributed by atoms with Crippen LogP contribution >= 0.6 is 16.1 Å². The van der Waals surface area contributed by atoms with Gasteiger partial charge in [-0.15, -0.1) is 4.91 Å². The number of aliphatic carboxylic acids is 1. The van der Waals surface area contributed by atoms with Gasteiger partial charge in [0.1, 0.15) is 6.54 Å². The Balaban J connectivity index is 2.24. The average Bonchev–Trinajstić information content (AvgIpc) is 2.62. The third kappa shape index (κ3) is 5.58. The summed E-state index contributed by atoms with van der Waals surface area (Å²) in [6.45, 7) is -0.910. The molecule has 0 saturated carbocycles. The van der Waals surface area contributed by atoms with E-state index in [1.54, 1.807) is 36.4 Å². The molecule has 2 unspecified atom stereocenters. The Morgan fingerprint density at radius 3 is 1.73 bits per heavy atom. The molecule has 0 amide bonds. The number of carboxylic acids is 1. The topological polar surface area (TPSA) is 123 Å². The Kier molecular flexibility index (Phi) is 7.14. The van der Waals surface area contributed by atoms with Crippen molar-refractivity contribution < 1.29 is 28.1 Å². The van der Waals surface area contributed by atoms with Gasteiger partial charge in [-0.3, -0.25) is 4.79 Å². The van der Waals surface area contributed by atoms with Crippen LogP contribution in [0, 0.1) is 4.91 Å². The predicted molar refractivity (Wildman–Crippen MR) is 93.3 cm³/mol. The molecule has 11 heteroatoms. The van der Waals surface area contributed by atoms with Crippen LogP contribution in [0.3, 0.4) is 0 Å². The van der Waals surface area contributed by atoms with Gasteiger partial charge in [0.15, 0.2) is 11.5 Å². The minimum Gasteiger partial charge on any atom is -0.480 e. The molecule has 2 aromatic carbocycles. The summed E-state index contributed by atoms with van der Waals surface area (Å²) in [5.74, 6) is -1.02. The van der Waals surface area contributed by atoms with Crippen molar-refractivity contribution in [1.82, 2.24) is 5.01 Å². The molecule has 0 radical (unpaired) electrons. The van der Waals surface area contributed by atoms with Gasteiger partial charge >= 0.3 is 27.5 Å². The molecule has 134 valence electrons. The number of nitrogens with zero attached hydrogens (tertiary/aromatic N) is 2. The first-order valence-corrected chi connectivity index (χ1v) is 9.71. The fourth-order valence-electron chi connectivity index (χ4n) is 1.85. The molecule has 0 fully saturated rings. The molecular weight excluding hydrogens is 382 g/mol. The molecule has 9 nitrogen and oxygen atoms in total. The Hall–Kier alpha value is -2.89. The zero-order valence-electron chi connectivity index (χ0n) is 13.2. The molecule has 0 bridgehead atoms. The number of carboxylic acid groups (broad SMARTS) is 1. The lowest BCUT2D eigenvalue weighted by Gasteiger charge is -2.08. The summed E-state index contributed by atoms with van der Waals surface area (Å²) in [7, 11) is -5.64. The predicted octanol–water partition coefficient (Wildman–Crippen LogP) is 3.98. The molecule has 0 aliphatic heterocycles. The van der Waals surface area contributed by atoms with E-state index in [-0.39, 0.29) is 11.5 Å². The lowest BCUT2D eigenvalue weighted by Crippen LogP contribution is -2.31. The molecule has 2 aromatic rings. The van der Waals surface area contributed by atoms with Crippen molar-refractivity contribution in [3.05, 3.63) is 65.6 Å². The monoisotopic (exact) mass is 396 g/mol. The second kappa shape index (κ2) is 9.56. The number of benzene rings is 2. The first-order valence-electron chi connectivity index (χ1n) is 7.21. The quantitative estimate of drug-likeness (QED) is 0.363. The highest BCUT2D eigenvalue weighted by Crippen LogP contribution is 2.48. The fraction of sp³-hybridized carbons (Fsp3) is 0.133. The molecule has 26 heavy (non-hydrogen) atoms. The van der Waals surface area contributed by atoms with Crippen LogP contribution in [-0.2, 0) is 13.9 Å². The Morgan fingerprint density at radius 2 is 1.38 bits per heavy atom. The fourth-order valence-corrected chi connectivity index (χ4v) is 4.28. The number of nitroso groups, excluding NO2 is 1. The van der Waals surface area contributed by atoms with E-state index in [4.69, 9.17) is 14.2 Å². The molecule has 0 aliphatic rings. The largest absolute Gasteiger partial charge is 0.642 e. The Labute approximate surface area is 150 Å². The summed E-state index contributed by atoms with van der Waals surface area (Å²) >= 11 is 0. The molecule has 1 N–H and O–H groups in total. The van der Waals surface area contributed by atoms with Gasteiger partial charge in [0, 0.05) is 0 Å². The van der Waals surface area contributed by atoms with Crippen LogP contribution in [0.5, 0.6) is 11.5 Å². The lowest BCUT2D eigenvalue weighted by molar-refractivity contribution is -0.138. The summed E-state index contributed by atoms with van der Waals surface area (Å²) in [4.78, 5) is 22.0. The van der Waals surface area contributed by atoms with Crippen molar-refractivity contribution in [2.75, 3.05) is 6.54 Å². The Morgan fingerprint density at radius 1 is 0.962 bits per heavy atom. The van der Waals surface area contributed by atoms with E-state index in [2.05, 4.69) is 5.29 Å². The van der Waals surface area contributed by atoms with Crippen LogP contribution in [0.25, 0.3) is 0 Å². The first kappa shape index (κ1) is 19.4. The Bertz CT molecular complexity index is 736. The molecule has 0 aliphatic carbocycles. The maximum atomic E-state index is 12.6. The van der Waals surface area contributed by atoms with E-state index in [0.717, 1.165) is 0 Å². The third-order valence-electron chi connectivity index (χ3n) is 2.92. The van der Waals surface area contributed by atoms with Crippen LogP contribution in [-0.4, -0.2) is 28.2 Å². The molecule has 2 atom stereocenters. The second-order valence-electron chi connectivity index (χ2n) is 4.80. The van der Waals surface area contributed by atoms with E-state index in [1.807, 2.05) is 0 Å². The van der Waals surface area contributed by atoms with E-state index in [0.29, 0.717) is 5.01 Å². The van der Waals surface area contributed by atoms with Crippen molar-refractivity contribution in [3.8, 4) is 11.5 Å². The van der Waals surface area contributed by atoms with E-state index < -0.39 is 34.1 Å². The lowest BCUT2D eigenvalue weighted by atomic mass is 10.3. The van der Waals surface area contributed by atoms with Crippen molar-refractivity contribution in [3.63, 3.8) is 0 Å². The van der Waals surface area contributed by atoms with Gasteiger partial charge < -0.3 is 5.11 Å². The maximum Gasteiger partial charge on any atom is 0.642 e. The summed E-state index contributed by atoms with van der Waals surface area (Å²) in [5.41, 5.74) is -1.69. The van der Waals surface area contributed by atoms with Crippen LogP contribution in [0.2, 0.25) is 0 Å². The zero-order chi connectivity index (χ0) is 18.9. The van der Waals surface area contributed by atoms with Gasteiger partial charge in [-0.05, 0) is 33.4 Å². The van der Waals surface area contributed by atoms with Crippen molar-refractivity contribution in [1.29, 1.82) is 0 Å². The van der Waals surface area contributed by atoms with Crippen LogP contribution < -0.4 is 9.05 Å². The van der Waals surface area contributed by atoms with Crippen molar-refractivity contribution in [2.24, 2.45) is 5.29 Å². The minimum absolute atomic E-state index is 0.197. The normalized spacial score (nSPS) is 12.5. The summed E-state index contributed by atoms with van der Waals surface area (Å²) in [6, 6.07) is 15.9. The molecule has 0 saturated heterocycles. The van der Waals surface area contributed by atoms with Crippen molar-refractivity contribution >= 4 is 22.0 Å². The second-order valence-corrected chi connectivity index (χ2v) is 7.69. The number of rotatable bonds is 10. The minimum atomic E-state index is -2.82. The third-order valence-corrected chi connectivity index (χ3v) is 6.12. The molecule has 2 rings (SSSR count). The van der Waals surface area contributed by atoms with Gasteiger partial charge in [0.2, 0.25) is 0 Å². The van der Waals surface area contributed by atoms with Crippen LogP contribution in [0.4, 0.5) is 0 Å². The SMILES string of the molecule is O=NN(CC(=O)O)C([P+](=O)Oc1ccccc1)[P+](=O)Oc1ccccc1. The number of para-hydroxylation sites is 2. The number of hydrogen-bond acceptors (Lipinski definition) is 7. The van der Waals surface area contributed by atoms with Gasteiger partial charge in [-0.1, -0.05) is 36.4 Å². The van der Waals surface area contributed by atoms with Gasteiger partial charge in [-0.25, -0.2) is 9.05 Å². The highest BCUT2D eigenvalue weighted by atomic mass is 31.2. The smallest absolute Gasteiger partial charge is 0.480 e. The van der Waals surface area contributed by atoms with Gasteiger partial charge in [0.25, 0.3) is 0 Å². The zero-order valence-corrected chi connectivity index (χ0v) is 15.0. The van der Waals surface area contributed by atoms with Gasteiger partial charge in [-0.2, -0.15) is 5.01 Å². The molecular formula is C15H14N2O7P2+2.